The number of nitrogens with zero attached hydrogens (tertiary/aromatic N) is 1. The van der Waals surface area contributed by atoms with Crippen molar-refractivity contribution in [2.24, 2.45) is 0 Å². The van der Waals surface area contributed by atoms with E-state index in [0.29, 0.717) is 5.69 Å². The maximum absolute atomic E-state index is 11.5. The number of methoxy groups -OCH3 is 1. The van der Waals surface area contributed by atoms with Crippen molar-refractivity contribution < 1.29 is 4.74 Å². The molecule has 0 fully saturated rings. The van der Waals surface area contributed by atoms with Crippen molar-refractivity contribution in [2.45, 2.75) is 6.92 Å². The number of ether oxygens (including phenoxy) is 1. The molecule has 0 radical (unpaired) electrons. The van der Waals surface area contributed by atoms with Gasteiger partial charge in [0, 0.05) is 0 Å². The van der Waals surface area contributed by atoms with Crippen LogP contribution in [0.3, 0.4) is 0 Å². The molecule has 78 valence electrons. The van der Waals surface area contributed by atoms with Crippen LogP contribution in [0.1, 0.15) is 5.56 Å². The number of hydrogen-bond donors (Lipinski definition) is 1. The van der Waals surface area contributed by atoms with E-state index in [1.807, 2.05) is 18.4 Å². The number of aryl methyl sites for hydroxylation is 1. The summed E-state index contributed by atoms with van der Waals surface area (Å²) in [6.07, 6.45) is 1.39. The monoisotopic (exact) mass is 222 g/mol. The molecule has 0 atom stereocenters. The minimum atomic E-state index is -0.254. The second-order valence-electron chi connectivity index (χ2n) is 3.05. The van der Waals surface area contributed by atoms with Gasteiger partial charge in [-0.15, -0.1) is 11.3 Å². The summed E-state index contributed by atoms with van der Waals surface area (Å²) in [6.45, 7) is 1.98. The zero-order valence-electron chi connectivity index (χ0n) is 8.40. The summed E-state index contributed by atoms with van der Waals surface area (Å²) >= 11 is 1.55. The van der Waals surface area contributed by atoms with Crippen LogP contribution in [-0.4, -0.2) is 17.1 Å². The minimum absolute atomic E-state index is 0.254. The summed E-state index contributed by atoms with van der Waals surface area (Å²) in [5, 5.41) is 1.97. The zero-order chi connectivity index (χ0) is 10.8. The Morgan fingerprint density at radius 1 is 1.53 bits per heavy atom. The van der Waals surface area contributed by atoms with Gasteiger partial charge in [0.05, 0.1) is 18.3 Å². The van der Waals surface area contributed by atoms with Crippen LogP contribution in [-0.2, 0) is 0 Å². The quantitative estimate of drug-likeness (QED) is 0.843. The molecule has 0 aliphatic rings. The van der Waals surface area contributed by atoms with Gasteiger partial charge in [0.2, 0.25) is 5.75 Å². The highest BCUT2D eigenvalue weighted by Crippen LogP contribution is 2.31. The number of rotatable bonds is 2. The SMILES string of the molecule is COc1c(-c2sccc2C)nc[nH]c1=O. The molecule has 1 N–H and O–H groups in total. The molecule has 0 aliphatic carbocycles. The number of aromatic nitrogens is 2. The molecular formula is C10H10N2O2S. The third-order valence-corrected chi connectivity index (χ3v) is 3.12. The predicted octanol–water partition coefficient (Wildman–Crippen LogP) is 1.82. The summed E-state index contributed by atoms with van der Waals surface area (Å²) < 4.78 is 5.06. The lowest BCUT2D eigenvalue weighted by Crippen LogP contribution is -2.10. The standard InChI is InChI=1S/C10H10N2O2S/c1-6-3-4-15-9(6)7-8(14-2)10(13)12-5-11-7/h3-5H,1-2H3,(H,11,12,13). The summed E-state index contributed by atoms with van der Waals surface area (Å²) in [5.74, 6) is 0.267. The van der Waals surface area contributed by atoms with E-state index < -0.39 is 0 Å². The van der Waals surface area contributed by atoms with Crippen molar-refractivity contribution >= 4 is 11.3 Å². The Hall–Kier alpha value is -1.62. The maximum Gasteiger partial charge on any atom is 0.293 e. The number of nitrogens with one attached hydrogen (secondary N) is 1. The molecule has 2 heterocycles. The van der Waals surface area contributed by atoms with Gasteiger partial charge in [-0.25, -0.2) is 4.98 Å². The van der Waals surface area contributed by atoms with Gasteiger partial charge in [-0.2, -0.15) is 0 Å². The lowest BCUT2D eigenvalue weighted by atomic mass is 10.2. The second-order valence-corrected chi connectivity index (χ2v) is 3.96. The molecule has 0 unspecified atom stereocenters. The van der Waals surface area contributed by atoms with E-state index in [1.165, 1.54) is 13.4 Å². The van der Waals surface area contributed by atoms with Gasteiger partial charge in [-0.05, 0) is 23.9 Å². The molecular weight excluding hydrogens is 212 g/mol. The molecule has 2 rings (SSSR count). The van der Waals surface area contributed by atoms with Gasteiger partial charge in [0.1, 0.15) is 5.69 Å². The molecule has 15 heavy (non-hydrogen) atoms. The summed E-state index contributed by atoms with van der Waals surface area (Å²) in [7, 11) is 1.47. The van der Waals surface area contributed by atoms with E-state index in [2.05, 4.69) is 9.97 Å². The van der Waals surface area contributed by atoms with Crippen LogP contribution in [0.4, 0.5) is 0 Å². The largest absolute Gasteiger partial charge is 0.490 e. The Morgan fingerprint density at radius 2 is 2.33 bits per heavy atom. The minimum Gasteiger partial charge on any atom is -0.490 e. The molecule has 0 saturated heterocycles. The van der Waals surface area contributed by atoms with E-state index in [9.17, 15) is 4.79 Å². The van der Waals surface area contributed by atoms with Crippen molar-refractivity contribution in [3.8, 4) is 16.3 Å². The highest BCUT2D eigenvalue weighted by molar-refractivity contribution is 7.13. The zero-order valence-corrected chi connectivity index (χ0v) is 9.22. The van der Waals surface area contributed by atoms with Crippen molar-refractivity contribution in [3.05, 3.63) is 33.7 Å². The first-order chi connectivity index (χ1) is 7.24. The fourth-order valence-electron chi connectivity index (χ4n) is 1.35. The Bertz CT molecular complexity index is 530. The van der Waals surface area contributed by atoms with Crippen LogP contribution in [0.25, 0.3) is 10.6 Å². The first kappa shape index (κ1) is 9.92. The highest BCUT2D eigenvalue weighted by atomic mass is 32.1. The number of thiophene rings is 1. The summed E-state index contributed by atoms with van der Waals surface area (Å²) in [5.41, 5.74) is 1.44. The van der Waals surface area contributed by atoms with Crippen LogP contribution < -0.4 is 10.3 Å². The molecule has 5 heteroatoms. The fraction of sp³-hybridized carbons (Fsp3) is 0.200. The molecule has 0 saturated carbocycles. The molecule has 0 bridgehead atoms. The number of hydrogen-bond acceptors (Lipinski definition) is 4. The molecule has 2 aromatic heterocycles. The van der Waals surface area contributed by atoms with Gasteiger partial charge in [-0.3, -0.25) is 4.79 Å². The Labute approximate surface area is 90.6 Å². The summed E-state index contributed by atoms with van der Waals surface area (Å²) in [6, 6.07) is 1.99. The second kappa shape index (κ2) is 3.86. The van der Waals surface area contributed by atoms with Gasteiger partial charge >= 0.3 is 0 Å². The van der Waals surface area contributed by atoms with Crippen molar-refractivity contribution in [1.82, 2.24) is 9.97 Å². The molecule has 4 nitrogen and oxygen atoms in total. The van der Waals surface area contributed by atoms with Crippen LogP contribution in [0.2, 0.25) is 0 Å². The lowest BCUT2D eigenvalue weighted by Gasteiger charge is -2.04. The Balaban J connectivity index is 2.68. The van der Waals surface area contributed by atoms with Crippen molar-refractivity contribution in [2.75, 3.05) is 7.11 Å². The van der Waals surface area contributed by atoms with E-state index in [-0.39, 0.29) is 11.3 Å². The van der Waals surface area contributed by atoms with E-state index in [4.69, 9.17) is 4.74 Å². The van der Waals surface area contributed by atoms with Crippen LogP contribution in [0, 0.1) is 6.92 Å². The first-order valence-corrected chi connectivity index (χ1v) is 5.28. The average Bonchev–Trinajstić information content (AvgIpc) is 2.64. The molecule has 2 aromatic rings. The van der Waals surface area contributed by atoms with E-state index >= 15 is 0 Å². The predicted molar refractivity (Wildman–Crippen MR) is 59.5 cm³/mol. The first-order valence-electron chi connectivity index (χ1n) is 4.40. The van der Waals surface area contributed by atoms with Crippen LogP contribution in [0.15, 0.2) is 22.6 Å². The normalized spacial score (nSPS) is 10.3. The van der Waals surface area contributed by atoms with Crippen LogP contribution >= 0.6 is 11.3 Å². The third-order valence-electron chi connectivity index (χ3n) is 2.09. The Kier molecular flexibility index (Phi) is 2.55. The number of aromatic amines is 1. The lowest BCUT2D eigenvalue weighted by molar-refractivity contribution is 0.408. The molecule has 0 aliphatic heterocycles. The fourth-order valence-corrected chi connectivity index (χ4v) is 2.27. The average molecular weight is 222 g/mol. The third kappa shape index (κ3) is 1.66. The van der Waals surface area contributed by atoms with E-state index in [1.54, 1.807) is 11.3 Å². The highest BCUT2D eigenvalue weighted by Gasteiger charge is 2.13. The molecule has 0 aromatic carbocycles. The smallest absolute Gasteiger partial charge is 0.293 e. The van der Waals surface area contributed by atoms with Gasteiger partial charge < -0.3 is 9.72 Å². The van der Waals surface area contributed by atoms with Crippen LogP contribution in [0.5, 0.6) is 5.75 Å². The summed E-state index contributed by atoms with van der Waals surface area (Å²) in [4.78, 5) is 19.1. The van der Waals surface area contributed by atoms with Gasteiger partial charge in [0.15, 0.2) is 0 Å². The molecule has 0 amide bonds. The molecule has 0 spiro atoms. The van der Waals surface area contributed by atoms with Crippen molar-refractivity contribution in [3.63, 3.8) is 0 Å². The van der Waals surface area contributed by atoms with Gasteiger partial charge in [0.25, 0.3) is 5.56 Å². The Morgan fingerprint density at radius 3 is 2.93 bits per heavy atom. The van der Waals surface area contributed by atoms with Crippen molar-refractivity contribution in [1.29, 1.82) is 0 Å². The maximum atomic E-state index is 11.5. The topological polar surface area (TPSA) is 55.0 Å². The van der Waals surface area contributed by atoms with Gasteiger partial charge in [-0.1, -0.05) is 0 Å². The van der Waals surface area contributed by atoms with E-state index in [0.717, 1.165) is 10.4 Å². The number of H-pyrrole nitrogens is 1.